The van der Waals surface area contributed by atoms with Gasteiger partial charge in [-0.1, -0.05) is 158 Å². The lowest BCUT2D eigenvalue weighted by Gasteiger charge is -2.13. The molecule has 0 aliphatic carbocycles. The van der Waals surface area contributed by atoms with Gasteiger partial charge in [-0.3, -0.25) is 0 Å². The zero-order chi connectivity index (χ0) is 30.0. The molecule has 2 heterocycles. The van der Waals surface area contributed by atoms with Crippen molar-refractivity contribution in [2.45, 2.75) is 0 Å². The van der Waals surface area contributed by atoms with E-state index in [0.717, 1.165) is 22.2 Å². The Hall–Kier alpha value is -5.57. The van der Waals surface area contributed by atoms with Gasteiger partial charge in [-0.15, -0.1) is 11.3 Å². The van der Waals surface area contributed by atoms with E-state index in [1.165, 1.54) is 54.3 Å². The lowest BCUT2D eigenvalue weighted by atomic mass is 9.90. The number of nitrogens with zero attached hydrogens (tertiary/aromatic N) is 1. The van der Waals surface area contributed by atoms with Crippen molar-refractivity contribution in [3.8, 4) is 65.5 Å². The monoisotopic (exact) mass is 591 g/mol. The number of hydrogen-bond acceptors (Lipinski definition) is 2. The number of rotatable bonds is 6. The second-order valence-corrected chi connectivity index (χ2v) is 12.1. The summed E-state index contributed by atoms with van der Waals surface area (Å²) in [6.45, 7) is 0. The van der Waals surface area contributed by atoms with Crippen LogP contribution in [0.15, 0.2) is 176 Å². The first-order valence-electron chi connectivity index (χ1n) is 15.2. The quantitative estimate of drug-likeness (QED) is 0.187. The fourth-order valence-corrected chi connectivity index (χ4v) is 7.51. The summed E-state index contributed by atoms with van der Waals surface area (Å²) in [5, 5.41) is 1.15. The highest BCUT2D eigenvalue weighted by Gasteiger charge is 2.23. The molecular formula is C43H29NS. The van der Waals surface area contributed by atoms with Crippen LogP contribution in [0.5, 0.6) is 0 Å². The standard InChI is InChI=1S/C43H29NS/c1-6-16-30(17-7-1)36-29-39(31-18-8-2-9-19-31)44-38-27-26-35(28-37(36)38)43-41(33-22-12-4-13-23-33)40(32-20-10-3-11-21-32)42(45-43)34-24-14-5-15-25-34/h1-29H. The Labute approximate surface area is 267 Å². The van der Waals surface area contributed by atoms with Gasteiger partial charge in [-0.25, -0.2) is 4.98 Å². The smallest absolute Gasteiger partial charge is 0.0716 e. The molecule has 0 aliphatic rings. The molecule has 0 radical (unpaired) electrons. The third kappa shape index (κ3) is 5.16. The number of fused-ring (bicyclic) bond motifs is 1. The number of thiophene rings is 1. The molecule has 0 saturated heterocycles. The number of aromatic nitrogens is 1. The highest BCUT2D eigenvalue weighted by Crippen LogP contribution is 2.52. The van der Waals surface area contributed by atoms with Crippen LogP contribution in [0.25, 0.3) is 76.4 Å². The number of benzene rings is 6. The molecule has 0 bridgehead atoms. The van der Waals surface area contributed by atoms with Crippen LogP contribution >= 0.6 is 11.3 Å². The molecule has 8 rings (SSSR count). The van der Waals surface area contributed by atoms with Gasteiger partial charge < -0.3 is 0 Å². The van der Waals surface area contributed by atoms with E-state index in [1.54, 1.807) is 0 Å². The second-order valence-electron chi connectivity index (χ2n) is 11.1. The minimum Gasteiger partial charge on any atom is -0.248 e. The Morgan fingerprint density at radius 3 is 1.33 bits per heavy atom. The van der Waals surface area contributed by atoms with Crippen LogP contribution in [0.1, 0.15) is 0 Å². The Morgan fingerprint density at radius 2 is 0.800 bits per heavy atom. The molecule has 0 fully saturated rings. The molecule has 0 amide bonds. The normalized spacial score (nSPS) is 11.1. The minimum absolute atomic E-state index is 0.980. The van der Waals surface area contributed by atoms with Crippen LogP contribution in [0, 0.1) is 0 Å². The molecule has 2 heteroatoms. The van der Waals surface area contributed by atoms with Crippen LogP contribution in [0.4, 0.5) is 0 Å². The second kappa shape index (κ2) is 11.8. The van der Waals surface area contributed by atoms with Crippen LogP contribution in [0.3, 0.4) is 0 Å². The lowest BCUT2D eigenvalue weighted by Crippen LogP contribution is -1.91. The maximum atomic E-state index is 5.17. The Kier molecular flexibility index (Phi) is 7.11. The van der Waals surface area contributed by atoms with Gasteiger partial charge in [-0.05, 0) is 51.6 Å². The third-order valence-corrected chi connectivity index (χ3v) is 9.58. The molecule has 0 unspecified atom stereocenters. The van der Waals surface area contributed by atoms with E-state index >= 15 is 0 Å². The summed E-state index contributed by atoms with van der Waals surface area (Å²) in [6, 6.07) is 62.6. The number of hydrogen-bond donors (Lipinski definition) is 0. The lowest BCUT2D eigenvalue weighted by molar-refractivity contribution is 1.40. The Morgan fingerprint density at radius 1 is 0.356 bits per heavy atom. The van der Waals surface area contributed by atoms with Crippen molar-refractivity contribution in [2.24, 2.45) is 0 Å². The van der Waals surface area contributed by atoms with Gasteiger partial charge in [0.2, 0.25) is 0 Å². The third-order valence-electron chi connectivity index (χ3n) is 8.29. The predicted molar refractivity (Wildman–Crippen MR) is 192 cm³/mol. The first kappa shape index (κ1) is 27.0. The van der Waals surface area contributed by atoms with Gasteiger partial charge in [0.1, 0.15) is 0 Å². The molecule has 0 atom stereocenters. The van der Waals surface area contributed by atoms with Gasteiger partial charge in [0, 0.05) is 31.8 Å². The van der Waals surface area contributed by atoms with E-state index in [0.29, 0.717) is 0 Å². The highest BCUT2D eigenvalue weighted by atomic mass is 32.1. The highest BCUT2D eigenvalue weighted by molar-refractivity contribution is 7.20. The van der Waals surface area contributed by atoms with Crippen molar-refractivity contribution >= 4 is 22.2 Å². The van der Waals surface area contributed by atoms with Gasteiger partial charge >= 0.3 is 0 Å². The van der Waals surface area contributed by atoms with Gasteiger partial charge in [0.15, 0.2) is 0 Å². The number of pyridine rings is 1. The van der Waals surface area contributed by atoms with E-state index in [-0.39, 0.29) is 0 Å². The molecule has 6 aromatic carbocycles. The Bertz CT molecular complexity index is 2220. The molecule has 0 aliphatic heterocycles. The van der Waals surface area contributed by atoms with Crippen LogP contribution in [-0.2, 0) is 0 Å². The molecule has 1 nitrogen and oxygen atoms in total. The van der Waals surface area contributed by atoms with Gasteiger partial charge in [-0.2, -0.15) is 0 Å². The summed E-state index contributed by atoms with van der Waals surface area (Å²) in [6.07, 6.45) is 0. The average Bonchev–Trinajstić information content (AvgIpc) is 3.54. The van der Waals surface area contributed by atoms with Gasteiger partial charge in [0.25, 0.3) is 0 Å². The first-order chi connectivity index (χ1) is 22.3. The Balaban J connectivity index is 1.42. The molecular weight excluding hydrogens is 563 g/mol. The maximum absolute atomic E-state index is 5.17. The van der Waals surface area contributed by atoms with E-state index in [1.807, 2.05) is 17.4 Å². The largest absolute Gasteiger partial charge is 0.248 e. The molecule has 8 aromatic rings. The van der Waals surface area contributed by atoms with Crippen molar-refractivity contribution < 1.29 is 0 Å². The zero-order valence-corrected chi connectivity index (χ0v) is 25.4. The summed E-state index contributed by atoms with van der Waals surface area (Å²) in [4.78, 5) is 7.70. The van der Waals surface area contributed by atoms with Crippen molar-refractivity contribution in [3.63, 3.8) is 0 Å². The van der Waals surface area contributed by atoms with Crippen LogP contribution in [0.2, 0.25) is 0 Å². The predicted octanol–water partition coefficient (Wildman–Crippen LogP) is 12.3. The summed E-state index contributed by atoms with van der Waals surface area (Å²) in [7, 11) is 0. The van der Waals surface area contributed by atoms with Gasteiger partial charge in [0.05, 0.1) is 11.2 Å². The van der Waals surface area contributed by atoms with Crippen molar-refractivity contribution in [1.82, 2.24) is 4.98 Å². The van der Waals surface area contributed by atoms with E-state index in [2.05, 4.69) is 170 Å². The van der Waals surface area contributed by atoms with E-state index in [9.17, 15) is 0 Å². The van der Waals surface area contributed by atoms with Crippen LogP contribution in [-0.4, -0.2) is 4.98 Å². The summed E-state index contributed by atoms with van der Waals surface area (Å²) < 4.78 is 0. The summed E-state index contributed by atoms with van der Waals surface area (Å²) >= 11 is 1.87. The van der Waals surface area contributed by atoms with Crippen molar-refractivity contribution in [2.75, 3.05) is 0 Å². The van der Waals surface area contributed by atoms with E-state index < -0.39 is 0 Å². The van der Waals surface area contributed by atoms with E-state index in [4.69, 9.17) is 4.98 Å². The van der Waals surface area contributed by atoms with Crippen LogP contribution < -0.4 is 0 Å². The SMILES string of the molecule is c1ccc(-c2cc(-c3ccccc3)c3cc(-c4sc(-c5ccccc5)c(-c5ccccc5)c4-c4ccccc4)ccc3n2)cc1. The zero-order valence-electron chi connectivity index (χ0n) is 24.6. The first-order valence-corrected chi connectivity index (χ1v) is 16.0. The molecule has 212 valence electrons. The fraction of sp³-hybridized carbons (Fsp3) is 0. The fourth-order valence-electron chi connectivity index (χ4n) is 6.17. The molecule has 0 spiro atoms. The molecule has 0 N–H and O–H groups in total. The summed E-state index contributed by atoms with van der Waals surface area (Å²) in [5.41, 5.74) is 12.8. The molecule has 45 heavy (non-hydrogen) atoms. The maximum Gasteiger partial charge on any atom is 0.0716 e. The molecule has 0 saturated carbocycles. The minimum atomic E-state index is 0.980. The average molecular weight is 592 g/mol. The van der Waals surface area contributed by atoms with Crippen molar-refractivity contribution in [3.05, 3.63) is 176 Å². The molecule has 2 aromatic heterocycles. The summed E-state index contributed by atoms with van der Waals surface area (Å²) in [5.74, 6) is 0. The topological polar surface area (TPSA) is 12.9 Å². The van der Waals surface area contributed by atoms with Crippen molar-refractivity contribution in [1.29, 1.82) is 0 Å².